The fourth-order valence-electron chi connectivity index (χ4n) is 3.98. The number of hydrogen-bond donors (Lipinski definition) is 1. The zero-order chi connectivity index (χ0) is 21.6. The minimum atomic E-state index is -0.0669. The molecule has 2 aromatic heterocycles. The van der Waals surface area contributed by atoms with Crippen LogP contribution in [-0.4, -0.2) is 52.7 Å². The molecule has 0 bridgehead atoms. The first-order valence-electron chi connectivity index (χ1n) is 10.4. The summed E-state index contributed by atoms with van der Waals surface area (Å²) >= 11 is 1.34. The summed E-state index contributed by atoms with van der Waals surface area (Å²) in [6.07, 6.45) is 1.91. The third-order valence-electron chi connectivity index (χ3n) is 5.32. The van der Waals surface area contributed by atoms with Gasteiger partial charge in [-0.3, -0.25) is 20.0 Å². The van der Waals surface area contributed by atoms with E-state index in [4.69, 9.17) is 9.72 Å². The van der Waals surface area contributed by atoms with E-state index in [0.717, 1.165) is 42.3 Å². The van der Waals surface area contributed by atoms with Crippen molar-refractivity contribution >= 4 is 22.4 Å². The highest BCUT2D eigenvalue weighted by molar-refractivity contribution is 7.15. The molecule has 1 atom stereocenters. The van der Waals surface area contributed by atoms with Gasteiger partial charge < -0.3 is 4.74 Å². The number of ether oxygens (including phenoxy) is 1. The fourth-order valence-corrected chi connectivity index (χ4v) is 4.70. The minimum Gasteiger partial charge on any atom is -0.377 e. The van der Waals surface area contributed by atoms with Gasteiger partial charge in [0, 0.05) is 31.0 Å². The molecule has 1 saturated heterocycles. The Balaban J connectivity index is 1.34. The Kier molecular flexibility index (Phi) is 7.01. The molecular weight excluding hydrogens is 410 g/mol. The zero-order valence-corrected chi connectivity index (χ0v) is 18.7. The van der Waals surface area contributed by atoms with E-state index in [-0.39, 0.29) is 5.91 Å². The van der Waals surface area contributed by atoms with Crippen LogP contribution in [0.4, 0.5) is 5.13 Å². The molecule has 1 aromatic carbocycles. The molecule has 31 heavy (non-hydrogen) atoms. The summed E-state index contributed by atoms with van der Waals surface area (Å²) in [4.78, 5) is 19.4. The van der Waals surface area contributed by atoms with Gasteiger partial charge in [-0.15, -0.1) is 10.2 Å². The van der Waals surface area contributed by atoms with Gasteiger partial charge in [0.1, 0.15) is 11.6 Å². The molecule has 0 saturated carbocycles. The number of likely N-dealkylation sites (tertiary alicyclic amines) is 1. The highest BCUT2D eigenvalue weighted by Crippen LogP contribution is 2.27. The molecule has 7 nitrogen and oxygen atoms in total. The van der Waals surface area contributed by atoms with Gasteiger partial charge in [0.15, 0.2) is 0 Å². The Morgan fingerprint density at radius 1 is 1.23 bits per heavy atom. The molecule has 0 aliphatic carbocycles. The van der Waals surface area contributed by atoms with Crippen LogP contribution in [-0.2, 0) is 22.6 Å². The van der Waals surface area contributed by atoms with Crippen molar-refractivity contribution in [1.29, 1.82) is 0 Å². The first kappa shape index (κ1) is 21.5. The first-order chi connectivity index (χ1) is 15.1. The van der Waals surface area contributed by atoms with E-state index in [1.54, 1.807) is 7.11 Å². The van der Waals surface area contributed by atoms with Crippen molar-refractivity contribution in [2.75, 3.05) is 32.1 Å². The lowest BCUT2D eigenvalue weighted by molar-refractivity contribution is -0.117. The number of benzene rings is 1. The number of rotatable bonds is 8. The molecule has 0 spiro atoms. The number of pyridine rings is 1. The van der Waals surface area contributed by atoms with Gasteiger partial charge in [-0.2, -0.15) is 0 Å². The van der Waals surface area contributed by atoms with E-state index >= 15 is 0 Å². The van der Waals surface area contributed by atoms with Gasteiger partial charge in [0.05, 0.1) is 6.54 Å². The van der Waals surface area contributed by atoms with Crippen molar-refractivity contribution in [2.45, 2.75) is 32.3 Å². The molecule has 3 heterocycles. The van der Waals surface area contributed by atoms with Gasteiger partial charge in [0.2, 0.25) is 11.0 Å². The number of carbonyl (C=O) groups is 1. The largest absolute Gasteiger partial charge is 0.377 e. The summed E-state index contributed by atoms with van der Waals surface area (Å²) in [5.41, 5.74) is 4.76. The smallest absolute Gasteiger partial charge is 0.240 e. The van der Waals surface area contributed by atoms with E-state index in [0.29, 0.717) is 24.2 Å². The molecule has 1 N–H and O–H groups in total. The predicted molar refractivity (Wildman–Crippen MR) is 121 cm³/mol. The molecular formula is C23H27N5O2S. The lowest BCUT2D eigenvalue weighted by Crippen LogP contribution is -2.31. The molecule has 1 amide bonds. The molecule has 0 radical (unpaired) electrons. The molecule has 1 fully saturated rings. The van der Waals surface area contributed by atoms with Crippen LogP contribution in [0.15, 0.2) is 42.5 Å². The average molecular weight is 438 g/mol. The number of carbonyl (C=O) groups excluding carboxylic acids is 1. The third-order valence-corrected chi connectivity index (χ3v) is 6.14. The number of nitrogens with one attached hydrogen (secondary N) is 1. The maximum atomic E-state index is 12.4. The molecule has 1 unspecified atom stereocenters. The van der Waals surface area contributed by atoms with Crippen molar-refractivity contribution in [3.05, 3.63) is 70.0 Å². The van der Waals surface area contributed by atoms with Crippen LogP contribution in [0.25, 0.3) is 0 Å². The summed E-state index contributed by atoms with van der Waals surface area (Å²) in [6.45, 7) is 4.51. The number of aryl methyl sites for hydroxylation is 1. The Morgan fingerprint density at radius 2 is 2.06 bits per heavy atom. The van der Waals surface area contributed by atoms with Gasteiger partial charge in [-0.1, -0.05) is 41.7 Å². The number of amides is 1. The molecule has 8 heteroatoms. The van der Waals surface area contributed by atoms with Crippen molar-refractivity contribution in [3.63, 3.8) is 0 Å². The summed E-state index contributed by atoms with van der Waals surface area (Å²) in [5.74, 6) is 0.278. The Labute approximate surface area is 186 Å². The minimum absolute atomic E-state index is 0.0669. The number of anilines is 1. The predicted octanol–water partition coefficient (Wildman–Crippen LogP) is 3.41. The number of hydrogen-bond acceptors (Lipinski definition) is 7. The summed E-state index contributed by atoms with van der Waals surface area (Å²) in [6, 6.07) is 14.9. The third kappa shape index (κ3) is 5.94. The normalized spacial score (nSPS) is 16.5. The van der Waals surface area contributed by atoms with Crippen molar-refractivity contribution in [1.82, 2.24) is 20.1 Å². The van der Waals surface area contributed by atoms with E-state index in [1.807, 2.05) is 6.07 Å². The lowest BCUT2D eigenvalue weighted by atomic mass is 9.98. The molecule has 162 valence electrons. The van der Waals surface area contributed by atoms with Crippen LogP contribution in [0, 0.1) is 6.92 Å². The summed E-state index contributed by atoms with van der Waals surface area (Å²) in [7, 11) is 1.61. The van der Waals surface area contributed by atoms with E-state index < -0.39 is 0 Å². The molecule has 4 rings (SSSR count). The Bertz CT molecular complexity index is 1020. The lowest BCUT2D eigenvalue weighted by Gasteiger charge is -2.16. The van der Waals surface area contributed by atoms with Crippen LogP contribution >= 0.6 is 11.3 Å². The highest BCUT2D eigenvalue weighted by atomic mass is 32.1. The maximum absolute atomic E-state index is 12.4. The fraction of sp³-hybridized carbons (Fsp3) is 0.391. The van der Waals surface area contributed by atoms with Gasteiger partial charge >= 0.3 is 0 Å². The van der Waals surface area contributed by atoms with Crippen molar-refractivity contribution < 1.29 is 9.53 Å². The Hall–Kier alpha value is -2.68. The van der Waals surface area contributed by atoms with Gasteiger partial charge in [-0.05, 0) is 49.6 Å². The SMILES string of the molecule is COCc1nnc(NC(=O)CN2CCC(c3cc(Cc4ccccc4)cc(C)n3)C2)s1. The van der Waals surface area contributed by atoms with Gasteiger partial charge in [-0.25, -0.2) is 0 Å². The van der Waals surface area contributed by atoms with Crippen LogP contribution in [0.1, 0.15) is 39.9 Å². The van der Waals surface area contributed by atoms with Crippen LogP contribution < -0.4 is 5.32 Å². The number of methoxy groups -OCH3 is 1. The van der Waals surface area contributed by atoms with Crippen molar-refractivity contribution in [3.8, 4) is 0 Å². The van der Waals surface area contributed by atoms with Crippen LogP contribution in [0.2, 0.25) is 0 Å². The Morgan fingerprint density at radius 3 is 2.87 bits per heavy atom. The second-order valence-electron chi connectivity index (χ2n) is 7.91. The second-order valence-corrected chi connectivity index (χ2v) is 8.97. The van der Waals surface area contributed by atoms with Gasteiger partial charge in [0.25, 0.3) is 0 Å². The highest BCUT2D eigenvalue weighted by Gasteiger charge is 2.27. The van der Waals surface area contributed by atoms with E-state index in [1.165, 1.54) is 22.5 Å². The standard InChI is InChI=1S/C23H27N5O2S/c1-16-10-18(11-17-6-4-3-5-7-17)12-20(24-16)19-8-9-28(13-19)14-21(29)25-23-27-26-22(31-23)15-30-2/h3-7,10,12,19H,8-9,11,13-15H2,1-2H3,(H,25,27,29). The topological polar surface area (TPSA) is 80.2 Å². The quantitative estimate of drug-likeness (QED) is 0.582. The summed E-state index contributed by atoms with van der Waals surface area (Å²) in [5, 5.41) is 12.1. The molecule has 1 aliphatic heterocycles. The zero-order valence-electron chi connectivity index (χ0n) is 17.9. The van der Waals surface area contributed by atoms with Crippen molar-refractivity contribution in [2.24, 2.45) is 0 Å². The second kappa shape index (κ2) is 10.1. The van der Waals surface area contributed by atoms with E-state index in [9.17, 15) is 4.79 Å². The first-order valence-corrected chi connectivity index (χ1v) is 11.3. The monoisotopic (exact) mass is 437 g/mol. The molecule has 3 aromatic rings. The van der Waals surface area contributed by atoms with Crippen LogP contribution in [0.3, 0.4) is 0 Å². The average Bonchev–Trinajstić information content (AvgIpc) is 3.38. The van der Waals surface area contributed by atoms with E-state index in [2.05, 4.69) is 63.7 Å². The molecule has 1 aliphatic rings. The number of nitrogens with zero attached hydrogens (tertiary/aromatic N) is 4. The van der Waals surface area contributed by atoms with Crippen LogP contribution in [0.5, 0.6) is 0 Å². The summed E-state index contributed by atoms with van der Waals surface area (Å²) < 4.78 is 5.04. The number of aromatic nitrogens is 3. The maximum Gasteiger partial charge on any atom is 0.240 e.